The van der Waals surface area contributed by atoms with Crippen LogP contribution in [0.1, 0.15) is 30.7 Å². The molecule has 1 aromatic heterocycles. The smallest absolute Gasteiger partial charge is 0.224 e. The van der Waals surface area contributed by atoms with E-state index in [4.69, 9.17) is 9.57 Å². The molecule has 5 heteroatoms. The van der Waals surface area contributed by atoms with E-state index >= 15 is 0 Å². The molecule has 0 aliphatic heterocycles. The van der Waals surface area contributed by atoms with Crippen LogP contribution in [0.5, 0.6) is 5.88 Å². The summed E-state index contributed by atoms with van der Waals surface area (Å²) in [4.78, 5) is 9.77. The van der Waals surface area contributed by atoms with E-state index in [1.165, 1.54) is 25.7 Å². The third-order valence-corrected chi connectivity index (χ3v) is 3.34. The number of hydroxylamine groups is 1. The number of rotatable bonds is 5. The Morgan fingerprint density at radius 1 is 1.53 bits per heavy atom. The van der Waals surface area contributed by atoms with Crippen molar-refractivity contribution in [2.75, 3.05) is 7.11 Å². The maximum atomic E-state index is 5.53. The van der Waals surface area contributed by atoms with Crippen molar-refractivity contribution in [3.8, 4) is 5.88 Å². The van der Waals surface area contributed by atoms with Gasteiger partial charge in [0, 0.05) is 0 Å². The first-order valence-corrected chi connectivity index (χ1v) is 6.13. The molecule has 1 aliphatic rings. The van der Waals surface area contributed by atoms with Gasteiger partial charge in [0.15, 0.2) is 0 Å². The van der Waals surface area contributed by atoms with Crippen molar-refractivity contribution in [2.45, 2.75) is 38.3 Å². The summed E-state index contributed by atoms with van der Waals surface area (Å²) in [5.41, 5.74) is 2.97. The van der Waals surface area contributed by atoms with Gasteiger partial charge in [0.05, 0.1) is 25.1 Å². The Labute approximate surface area is 93.6 Å². The molecule has 2 rings (SSSR count). The lowest BCUT2D eigenvalue weighted by Gasteiger charge is -2.09. The van der Waals surface area contributed by atoms with E-state index in [0.29, 0.717) is 18.5 Å². The molecule has 1 fully saturated rings. The average molecular weight is 228 g/mol. The molecule has 1 aliphatic carbocycles. The summed E-state index contributed by atoms with van der Waals surface area (Å²) in [5.74, 6) is 0.678. The monoisotopic (exact) mass is 228 g/mol. The average Bonchev–Trinajstić information content (AvgIpc) is 2.88. The molecule has 0 amide bonds. The van der Waals surface area contributed by atoms with E-state index in [-0.39, 0.29) is 0 Å². The van der Waals surface area contributed by atoms with Crippen molar-refractivity contribution >= 4 is 11.3 Å². The molecule has 0 radical (unpaired) electrons. The highest BCUT2D eigenvalue weighted by atomic mass is 32.1. The molecule has 0 saturated heterocycles. The van der Waals surface area contributed by atoms with E-state index in [2.05, 4.69) is 10.5 Å². The van der Waals surface area contributed by atoms with Crippen LogP contribution in [0.3, 0.4) is 0 Å². The number of ether oxygens (including phenoxy) is 1. The van der Waals surface area contributed by atoms with Crippen LogP contribution in [0.4, 0.5) is 0 Å². The minimum absolute atomic E-state index is 0.395. The highest BCUT2D eigenvalue weighted by Gasteiger charge is 2.15. The Morgan fingerprint density at radius 2 is 2.33 bits per heavy atom. The Morgan fingerprint density at radius 3 is 3.00 bits per heavy atom. The van der Waals surface area contributed by atoms with Crippen LogP contribution in [0.2, 0.25) is 0 Å². The summed E-state index contributed by atoms with van der Waals surface area (Å²) >= 11 is 1.58. The lowest BCUT2D eigenvalue weighted by atomic mass is 10.3. The number of aromatic nitrogens is 1. The molecule has 0 atom stereocenters. The molecule has 1 heterocycles. The van der Waals surface area contributed by atoms with Crippen molar-refractivity contribution in [3.05, 3.63) is 10.4 Å². The molecule has 1 aromatic rings. The van der Waals surface area contributed by atoms with Gasteiger partial charge in [0.2, 0.25) is 5.88 Å². The van der Waals surface area contributed by atoms with Crippen molar-refractivity contribution in [1.82, 2.24) is 10.5 Å². The van der Waals surface area contributed by atoms with Gasteiger partial charge in [-0.05, 0) is 12.8 Å². The molecule has 4 nitrogen and oxygen atoms in total. The number of thiazole rings is 1. The van der Waals surface area contributed by atoms with Crippen LogP contribution >= 0.6 is 11.3 Å². The third kappa shape index (κ3) is 3.15. The van der Waals surface area contributed by atoms with Gasteiger partial charge in [-0.3, -0.25) is 4.84 Å². The minimum Gasteiger partial charge on any atom is -0.480 e. The molecule has 0 unspecified atom stereocenters. The lowest BCUT2D eigenvalue weighted by Crippen LogP contribution is -2.21. The normalized spacial score (nSPS) is 17.1. The summed E-state index contributed by atoms with van der Waals surface area (Å²) in [6, 6.07) is 0. The van der Waals surface area contributed by atoms with Crippen LogP contribution in [-0.2, 0) is 11.4 Å². The maximum Gasteiger partial charge on any atom is 0.224 e. The number of hydrogen-bond donors (Lipinski definition) is 1. The van der Waals surface area contributed by atoms with Crippen molar-refractivity contribution < 1.29 is 9.57 Å². The topological polar surface area (TPSA) is 43.4 Å². The summed E-state index contributed by atoms with van der Waals surface area (Å²) in [6.07, 6.45) is 5.32. The number of nitrogens with one attached hydrogen (secondary N) is 1. The standard InChI is InChI=1S/C10H16N2O2S/c1-13-9-7-15-10(12-9)6-11-14-8-4-2-3-5-8/h7-8,11H,2-6H2,1H3. The predicted molar refractivity (Wildman–Crippen MR) is 58.8 cm³/mol. The molecule has 0 spiro atoms. The van der Waals surface area contributed by atoms with Gasteiger partial charge in [-0.2, -0.15) is 5.48 Å². The zero-order valence-electron chi connectivity index (χ0n) is 8.86. The van der Waals surface area contributed by atoms with Crippen molar-refractivity contribution in [2.24, 2.45) is 0 Å². The van der Waals surface area contributed by atoms with Gasteiger partial charge in [0.25, 0.3) is 0 Å². The highest BCUT2D eigenvalue weighted by Crippen LogP contribution is 2.20. The molecule has 1 saturated carbocycles. The summed E-state index contributed by atoms with van der Waals surface area (Å²) in [7, 11) is 1.63. The summed E-state index contributed by atoms with van der Waals surface area (Å²) < 4.78 is 5.01. The molecule has 0 aromatic carbocycles. The van der Waals surface area contributed by atoms with Crippen molar-refractivity contribution in [3.63, 3.8) is 0 Å². The second-order valence-corrected chi connectivity index (χ2v) is 4.57. The van der Waals surface area contributed by atoms with Gasteiger partial charge >= 0.3 is 0 Å². The second-order valence-electron chi connectivity index (χ2n) is 3.63. The van der Waals surface area contributed by atoms with Crippen LogP contribution in [0.15, 0.2) is 5.38 Å². The second kappa shape index (κ2) is 5.44. The number of methoxy groups -OCH3 is 1. The van der Waals surface area contributed by atoms with Gasteiger partial charge in [-0.15, -0.1) is 11.3 Å². The quantitative estimate of drug-likeness (QED) is 0.784. The first-order chi connectivity index (χ1) is 7.38. The van der Waals surface area contributed by atoms with Gasteiger partial charge in [-0.25, -0.2) is 4.98 Å². The Balaban J connectivity index is 1.68. The van der Waals surface area contributed by atoms with Crippen molar-refractivity contribution in [1.29, 1.82) is 0 Å². The minimum atomic E-state index is 0.395. The maximum absolute atomic E-state index is 5.53. The summed E-state index contributed by atoms with van der Waals surface area (Å²) in [6.45, 7) is 0.657. The molecule has 1 N–H and O–H groups in total. The number of hydrogen-bond acceptors (Lipinski definition) is 5. The lowest BCUT2D eigenvalue weighted by molar-refractivity contribution is -0.0244. The largest absolute Gasteiger partial charge is 0.480 e. The van der Waals surface area contributed by atoms with Crippen LogP contribution < -0.4 is 10.2 Å². The Hall–Kier alpha value is -0.650. The van der Waals surface area contributed by atoms with Crippen LogP contribution in [0.25, 0.3) is 0 Å². The molecular formula is C10H16N2O2S. The zero-order valence-corrected chi connectivity index (χ0v) is 9.68. The number of nitrogens with zero attached hydrogens (tertiary/aromatic N) is 1. The highest BCUT2D eigenvalue weighted by molar-refractivity contribution is 7.09. The fourth-order valence-corrected chi connectivity index (χ4v) is 2.37. The van der Waals surface area contributed by atoms with Gasteiger partial charge in [-0.1, -0.05) is 12.8 Å². The Kier molecular flexibility index (Phi) is 3.94. The molecule has 15 heavy (non-hydrogen) atoms. The molecule has 0 bridgehead atoms. The predicted octanol–water partition coefficient (Wildman–Crippen LogP) is 2.12. The fraction of sp³-hybridized carbons (Fsp3) is 0.700. The molecular weight excluding hydrogens is 212 g/mol. The van der Waals surface area contributed by atoms with Gasteiger partial charge < -0.3 is 4.74 Å². The SMILES string of the molecule is COc1csc(CNOC2CCCC2)n1. The first-order valence-electron chi connectivity index (χ1n) is 5.25. The van der Waals surface area contributed by atoms with Crippen LogP contribution in [-0.4, -0.2) is 18.2 Å². The van der Waals surface area contributed by atoms with E-state index in [1.807, 2.05) is 5.38 Å². The summed E-state index contributed by atoms with van der Waals surface area (Å²) in [5, 5.41) is 2.89. The first kappa shape index (κ1) is 10.9. The van der Waals surface area contributed by atoms with E-state index < -0.39 is 0 Å². The van der Waals surface area contributed by atoms with Gasteiger partial charge in [0.1, 0.15) is 5.01 Å². The molecule has 84 valence electrons. The van der Waals surface area contributed by atoms with E-state index in [1.54, 1.807) is 18.4 Å². The van der Waals surface area contributed by atoms with E-state index in [0.717, 1.165) is 5.01 Å². The van der Waals surface area contributed by atoms with Crippen LogP contribution in [0, 0.1) is 0 Å². The Bertz CT molecular complexity index is 297. The zero-order chi connectivity index (χ0) is 10.5. The fourth-order valence-electron chi connectivity index (χ4n) is 1.70. The third-order valence-electron chi connectivity index (χ3n) is 2.52. The van der Waals surface area contributed by atoms with E-state index in [9.17, 15) is 0 Å².